The summed E-state index contributed by atoms with van der Waals surface area (Å²) in [5, 5.41) is 0. The van der Waals surface area contributed by atoms with E-state index in [2.05, 4.69) is 0 Å². The predicted molar refractivity (Wildman–Crippen MR) is 74.0 cm³/mol. The zero-order chi connectivity index (χ0) is 14.6. The molecule has 0 N–H and O–H groups in total. The van der Waals surface area contributed by atoms with Crippen molar-refractivity contribution in [1.29, 1.82) is 0 Å². The highest BCUT2D eigenvalue weighted by molar-refractivity contribution is 5.91. The first-order valence-corrected chi connectivity index (χ1v) is 6.96. The molecule has 1 aliphatic carbocycles. The van der Waals surface area contributed by atoms with Crippen LogP contribution in [0.5, 0.6) is 0 Å². The monoisotopic (exact) mass is 270 g/mol. The first kappa shape index (κ1) is 15.8. The van der Waals surface area contributed by atoms with E-state index in [4.69, 9.17) is 4.74 Å². The molecule has 0 aromatic heterocycles. The van der Waals surface area contributed by atoms with Crippen molar-refractivity contribution in [2.45, 2.75) is 64.5 Å². The lowest BCUT2D eigenvalue weighted by molar-refractivity contribution is 0.0192. The minimum atomic E-state index is -0.587. The summed E-state index contributed by atoms with van der Waals surface area (Å²) < 4.78 is 5.36. The molecule has 0 spiro atoms. The van der Waals surface area contributed by atoms with Crippen molar-refractivity contribution in [3.63, 3.8) is 0 Å². The van der Waals surface area contributed by atoms with Gasteiger partial charge in [0.25, 0.3) is 0 Å². The number of hydrogen-bond donors (Lipinski definition) is 0. The predicted octanol–water partition coefficient (Wildman–Crippen LogP) is 3.24. The quantitative estimate of drug-likeness (QED) is 0.735. The van der Waals surface area contributed by atoms with Gasteiger partial charge >= 0.3 is 12.1 Å². The molecule has 0 unspecified atom stereocenters. The molecule has 1 rings (SSSR count). The number of carbonyl (C=O) groups excluding carboxylic acids is 2. The van der Waals surface area contributed by atoms with Crippen molar-refractivity contribution in [1.82, 2.24) is 9.80 Å². The summed E-state index contributed by atoms with van der Waals surface area (Å²) in [7, 11) is 3.31. The summed E-state index contributed by atoms with van der Waals surface area (Å²) in [5.74, 6) is 0. The van der Waals surface area contributed by atoms with Gasteiger partial charge in [0.15, 0.2) is 0 Å². The summed E-state index contributed by atoms with van der Waals surface area (Å²) >= 11 is 0. The zero-order valence-electron chi connectivity index (χ0n) is 12.7. The average Bonchev–Trinajstić information content (AvgIpc) is 2.28. The zero-order valence-corrected chi connectivity index (χ0v) is 12.7. The Kier molecular flexibility index (Phi) is 5.20. The van der Waals surface area contributed by atoms with Gasteiger partial charge in [-0.25, -0.2) is 14.5 Å². The molecule has 5 heteroatoms. The molecular formula is C14H26N2O3. The molecule has 0 bridgehead atoms. The van der Waals surface area contributed by atoms with Crippen LogP contribution in [0.1, 0.15) is 52.9 Å². The lowest BCUT2D eigenvalue weighted by Gasteiger charge is -2.35. The van der Waals surface area contributed by atoms with Gasteiger partial charge in [0.05, 0.1) is 0 Å². The molecule has 110 valence electrons. The number of hydrogen-bond acceptors (Lipinski definition) is 3. The first-order chi connectivity index (χ1) is 8.72. The minimum Gasteiger partial charge on any atom is -0.443 e. The highest BCUT2D eigenvalue weighted by Crippen LogP contribution is 2.25. The number of imide groups is 1. The van der Waals surface area contributed by atoms with E-state index in [0.29, 0.717) is 0 Å². The van der Waals surface area contributed by atoms with Crippen LogP contribution in [0, 0.1) is 0 Å². The molecule has 0 saturated heterocycles. The third-order valence-electron chi connectivity index (χ3n) is 3.12. The molecule has 3 amide bonds. The highest BCUT2D eigenvalue weighted by atomic mass is 16.6. The van der Waals surface area contributed by atoms with Crippen LogP contribution in [0.4, 0.5) is 9.59 Å². The maximum absolute atomic E-state index is 12.3. The van der Waals surface area contributed by atoms with Gasteiger partial charge in [-0.2, -0.15) is 0 Å². The Bertz CT molecular complexity index is 328. The lowest BCUT2D eigenvalue weighted by atomic mass is 9.94. The van der Waals surface area contributed by atoms with Crippen LogP contribution in [0.15, 0.2) is 0 Å². The number of ether oxygens (including phenoxy) is 1. The van der Waals surface area contributed by atoms with Crippen molar-refractivity contribution in [3.05, 3.63) is 0 Å². The van der Waals surface area contributed by atoms with Crippen molar-refractivity contribution < 1.29 is 14.3 Å². The van der Waals surface area contributed by atoms with Crippen LogP contribution in [-0.4, -0.2) is 47.7 Å². The van der Waals surface area contributed by atoms with Crippen LogP contribution in [0.2, 0.25) is 0 Å². The SMILES string of the molecule is CN(C)C(=O)N(C(=O)OC(C)(C)C)C1CCCCC1. The molecule has 0 aromatic rings. The number of rotatable bonds is 1. The molecule has 0 aromatic carbocycles. The minimum absolute atomic E-state index is 0.0292. The normalized spacial score (nSPS) is 16.9. The number of urea groups is 1. The Morgan fingerprint density at radius 2 is 1.58 bits per heavy atom. The maximum Gasteiger partial charge on any atom is 0.418 e. The van der Waals surface area contributed by atoms with Gasteiger partial charge in [-0.3, -0.25) is 0 Å². The summed E-state index contributed by atoms with van der Waals surface area (Å²) in [5.41, 5.74) is -0.587. The van der Waals surface area contributed by atoms with Gasteiger partial charge < -0.3 is 9.64 Å². The lowest BCUT2D eigenvalue weighted by Crippen LogP contribution is -2.51. The van der Waals surface area contributed by atoms with Gasteiger partial charge in [-0.05, 0) is 33.6 Å². The number of carbonyl (C=O) groups is 2. The fraction of sp³-hybridized carbons (Fsp3) is 0.857. The largest absolute Gasteiger partial charge is 0.443 e. The maximum atomic E-state index is 12.3. The third kappa shape index (κ3) is 4.73. The van der Waals surface area contributed by atoms with Crippen molar-refractivity contribution >= 4 is 12.1 Å². The Labute approximate surface area is 115 Å². The molecule has 19 heavy (non-hydrogen) atoms. The molecule has 1 fully saturated rings. The Morgan fingerprint density at radius 1 is 1.05 bits per heavy atom. The summed E-state index contributed by atoms with van der Waals surface area (Å²) in [6.45, 7) is 5.43. The second kappa shape index (κ2) is 6.26. The summed E-state index contributed by atoms with van der Waals surface area (Å²) in [6, 6.07) is -0.320. The van der Waals surface area contributed by atoms with Gasteiger partial charge in [0.2, 0.25) is 0 Å². The summed E-state index contributed by atoms with van der Waals surface area (Å²) in [6.07, 6.45) is 4.51. The van der Waals surface area contributed by atoms with Crippen LogP contribution in [-0.2, 0) is 4.74 Å². The number of nitrogens with zero attached hydrogens (tertiary/aromatic N) is 2. The van der Waals surface area contributed by atoms with Gasteiger partial charge in [0, 0.05) is 20.1 Å². The Hall–Kier alpha value is -1.26. The van der Waals surface area contributed by atoms with E-state index < -0.39 is 11.7 Å². The molecule has 0 aliphatic heterocycles. The molecule has 1 saturated carbocycles. The van der Waals surface area contributed by atoms with E-state index in [9.17, 15) is 9.59 Å². The highest BCUT2D eigenvalue weighted by Gasteiger charge is 2.34. The fourth-order valence-electron chi connectivity index (χ4n) is 2.25. The molecule has 0 radical (unpaired) electrons. The van der Waals surface area contributed by atoms with E-state index in [1.54, 1.807) is 14.1 Å². The standard InChI is InChI=1S/C14H26N2O3/c1-14(2,3)19-13(18)16(12(17)15(4)5)11-9-7-6-8-10-11/h11H,6-10H2,1-5H3. The van der Waals surface area contributed by atoms with Gasteiger partial charge in [0.1, 0.15) is 5.60 Å². The van der Waals surface area contributed by atoms with Crippen molar-refractivity contribution in [2.75, 3.05) is 14.1 Å². The summed E-state index contributed by atoms with van der Waals surface area (Å²) in [4.78, 5) is 27.2. The van der Waals surface area contributed by atoms with Gasteiger partial charge in [-0.15, -0.1) is 0 Å². The van der Waals surface area contributed by atoms with Gasteiger partial charge in [-0.1, -0.05) is 19.3 Å². The van der Waals surface area contributed by atoms with Crippen LogP contribution in [0.25, 0.3) is 0 Å². The Morgan fingerprint density at radius 3 is 2.00 bits per heavy atom. The van der Waals surface area contributed by atoms with Crippen LogP contribution >= 0.6 is 0 Å². The average molecular weight is 270 g/mol. The van der Waals surface area contributed by atoms with E-state index in [0.717, 1.165) is 25.7 Å². The topological polar surface area (TPSA) is 49.9 Å². The smallest absolute Gasteiger partial charge is 0.418 e. The van der Waals surface area contributed by atoms with E-state index in [-0.39, 0.29) is 12.1 Å². The van der Waals surface area contributed by atoms with E-state index >= 15 is 0 Å². The first-order valence-electron chi connectivity index (χ1n) is 6.96. The second-order valence-corrected chi connectivity index (χ2v) is 6.32. The molecule has 1 aliphatic rings. The van der Waals surface area contributed by atoms with Crippen molar-refractivity contribution in [3.8, 4) is 0 Å². The number of amides is 3. The Balaban J connectivity index is 2.85. The molecule has 0 atom stereocenters. The molecular weight excluding hydrogens is 244 g/mol. The van der Waals surface area contributed by atoms with E-state index in [1.807, 2.05) is 20.8 Å². The third-order valence-corrected chi connectivity index (χ3v) is 3.12. The second-order valence-electron chi connectivity index (χ2n) is 6.32. The fourth-order valence-corrected chi connectivity index (χ4v) is 2.25. The molecule has 5 nitrogen and oxygen atoms in total. The van der Waals surface area contributed by atoms with E-state index in [1.165, 1.54) is 16.2 Å². The molecule has 0 heterocycles. The van der Waals surface area contributed by atoms with Crippen LogP contribution in [0.3, 0.4) is 0 Å². The van der Waals surface area contributed by atoms with Crippen molar-refractivity contribution in [2.24, 2.45) is 0 Å². The van der Waals surface area contributed by atoms with Crippen LogP contribution < -0.4 is 0 Å².